The van der Waals surface area contributed by atoms with Gasteiger partial charge in [-0.05, 0) is 19.3 Å². The van der Waals surface area contributed by atoms with E-state index in [0.29, 0.717) is 6.42 Å². The molecule has 2 aliphatic rings. The Morgan fingerprint density at radius 2 is 2.50 bits per heavy atom. The van der Waals surface area contributed by atoms with E-state index < -0.39 is 5.60 Å². The van der Waals surface area contributed by atoms with Crippen LogP contribution in [-0.4, -0.2) is 22.9 Å². The van der Waals surface area contributed by atoms with E-state index in [9.17, 15) is 5.11 Å². The Hall–Kier alpha value is -0.520. The van der Waals surface area contributed by atoms with Gasteiger partial charge in [0, 0.05) is 0 Å². The maximum atomic E-state index is 9.63. The van der Waals surface area contributed by atoms with Gasteiger partial charge in [-0.2, -0.15) is 0 Å². The van der Waals surface area contributed by atoms with E-state index in [0.717, 1.165) is 12.8 Å². The molecule has 2 fully saturated rings. The predicted octanol–water partition coefficient (Wildman–Crippen LogP) is 0.302. The first kappa shape index (κ1) is 6.21. The van der Waals surface area contributed by atoms with Crippen LogP contribution in [0.1, 0.15) is 19.3 Å². The van der Waals surface area contributed by atoms with E-state index in [2.05, 4.69) is 5.92 Å². The van der Waals surface area contributed by atoms with Crippen LogP contribution in [0.25, 0.3) is 0 Å². The SMILES string of the molecule is C#C[C@]1(O)CCC[C@H]2O[C@H]21. The lowest BCUT2D eigenvalue weighted by Gasteiger charge is -2.22. The Balaban J connectivity index is 2.16. The summed E-state index contributed by atoms with van der Waals surface area (Å²) in [5.41, 5.74) is -0.942. The highest BCUT2D eigenvalue weighted by Crippen LogP contribution is 2.42. The summed E-state index contributed by atoms with van der Waals surface area (Å²) < 4.78 is 5.19. The zero-order chi connectivity index (χ0) is 7.19. The van der Waals surface area contributed by atoms with Gasteiger partial charge in [0.25, 0.3) is 0 Å². The van der Waals surface area contributed by atoms with Crippen LogP contribution >= 0.6 is 0 Å². The lowest BCUT2D eigenvalue weighted by Crippen LogP contribution is -2.37. The lowest BCUT2D eigenvalue weighted by atomic mass is 9.86. The Kier molecular flexibility index (Phi) is 1.08. The van der Waals surface area contributed by atoms with Gasteiger partial charge in [-0.3, -0.25) is 0 Å². The van der Waals surface area contributed by atoms with Crippen LogP contribution in [-0.2, 0) is 4.74 Å². The average Bonchev–Trinajstić information content (AvgIpc) is 2.68. The van der Waals surface area contributed by atoms with Crippen LogP contribution in [0.2, 0.25) is 0 Å². The molecule has 0 aromatic rings. The Morgan fingerprint density at radius 3 is 3.10 bits per heavy atom. The number of ether oxygens (including phenoxy) is 1. The molecule has 0 radical (unpaired) electrons. The smallest absolute Gasteiger partial charge is 0.153 e. The molecule has 2 rings (SSSR count). The second kappa shape index (κ2) is 1.75. The molecule has 0 amide bonds. The van der Waals surface area contributed by atoms with E-state index in [1.54, 1.807) is 0 Å². The van der Waals surface area contributed by atoms with Gasteiger partial charge in [-0.25, -0.2) is 0 Å². The van der Waals surface area contributed by atoms with Gasteiger partial charge in [0.15, 0.2) is 5.60 Å². The molecule has 10 heavy (non-hydrogen) atoms. The third-order valence-electron chi connectivity index (χ3n) is 2.35. The van der Waals surface area contributed by atoms with Crippen LogP contribution in [0.5, 0.6) is 0 Å². The number of aliphatic hydroxyl groups is 1. The molecule has 0 bridgehead atoms. The molecular weight excluding hydrogens is 128 g/mol. The molecule has 54 valence electrons. The number of fused-ring (bicyclic) bond motifs is 1. The van der Waals surface area contributed by atoms with Gasteiger partial charge in [-0.15, -0.1) is 6.42 Å². The topological polar surface area (TPSA) is 32.8 Å². The molecule has 1 saturated heterocycles. The van der Waals surface area contributed by atoms with Crippen molar-refractivity contribution >= 4 is 0 Å². The van der Waals surface area contributed by atoms with Crippen LogP contribution in [0, 0.1) is 12.3 Å². The zero-order valence-electron chi connectivity index (χ0n) is 5.71. The molecule has 0 spiro atoms. The second-order valence-corrected chi connectivity index (χ2v) is 3.06. The third kappa shape index (κ3) is 0.681. The fraction of sp³-hybridized carbons (Fsp3) is 0.750. The lowest BCUT2D eigenvalue weighted by molar-refractivity contribution is 0.0557. The molecule has 1 saturated carbocycles. The van der Waals surface area contributed by atoms with Crippen molar-refractivity contribution in [3.8, 4) is 12.3 Å². The minimum Gasteiger partial charge on any atom is -0.375 e. The Labute approximate surface area is 60.2 Å². The number of hydrogen-bond donors (Lipinski definition) is 1. The van der Waals surface area contributed by atoms with Crippen molar-refractivity contribution in [2.24, 2.45) is 0 Å². The molecule has 3 atom stereocenters. The van der Waals surface area contributed by atoms with Gasteiger partial charge in [0.2, 0.25) is 0 Å². The summed E-state index contributed by atoms with van der Waals surface area (Å²) in [5.74, 6) is 2.40. The summed E-state index contributed by atoms with van der Waals surface area (Å²) in [6.45, 7) is 0. The van der Waals surface area contributed by atoms with Crippen molar-refractivity contribution in [2.45, 2.75) is 37.1 Å². The van der Waals surface area contributed by atoms with Crippen LogP contribution in [0.15, 0.2) is 0 Å². The molecule has 1 N–H and O–H groups in total. The molecule has 2 heteroatoms. The normalized spacial score (nSPS) is 51.2. The Bertz CT molecular complexity index is 194. The summed E-state index contributed by atoms with van der Waals surface area (Å²) >= 11 is 0. The number of hydrogen-bond acceptors (Lipinski definition) is 2. The average molecular weight is 138 g/mol. The number of terminal acetylenes is 1. The molecule has 0 unspecified atom stereocenters. The van der Waals surface area contributed by atoms with Crippen LogP contribution in [0.4, 0.5) is 0 Å². The first-order chi connectivity index (χ1) is 4.76. The molecule has 1 heterocycles. The van der Waals surface area contributed by atoms with Crippen molar-refractivity contribution in [3.05, 3.63) is 0 Å². The monoisotopic (exact) mass is 138 g/mol. The quantitative estimate of drug-likeness (QED) is 0.386. The van der Waals surface area contributed by atoms with E-state index in [1.165, 1.54) is 0 Å². The largest absolute Gasteiger partial charge is 0.375 e. The molecule has 1 aliphatic carbocycles. The molecule has 1 aliphatic heterocycles. The third-order valence-corrected chi connectivity index (χ3v) is 2.35. The molecule has 0 aromatic carbocycles. The van der Waals surface area contributed by atoms with Gasteiger partial charge in [0.05, 0.1) is 6.10 Å². The van der Waals surface area contributed by atoms with E-state index in [1.807, 2.05) is 0 Å². The van der Waals surface area contributed by atoms with Crippen molar-refractivity contribution < 1.29 is 9.84 Å². The first-order valence-corrected chi connectivity index (χ1v) is 3.62. The maximum absolute atomic E-state index is 9.63. The minimum absolute atomic E-state index is 0.0498. The summed E-state index contributed by atoms with van der Waals surface area (Å²) in [5, 5.41) is 9.63. The van der Waals surface area contributed by atoms with Gasteiger partial charge < -0.3 is 9.84 Å². The van der Waals surface area contributed by atoms with Gasteiger partial charge >= 0.3 is 0 Å². The van der Waals surface area contributed by atoms with Gasteiger partial charge in [0.1, 0.15) is 6.10 Å². The van der Waals surface area contributed by atoms with E-state index in [-0.39, 0.29) is 12.2 Å². The highest BCUT2D eigenvalue weighted by atomic mass is 16.6. The summed E-state index contributed by atoms with van der Waals surface area (Å²) in [7, 11) is 0. The molecule has 0 aromatic heterocycles. The number of epoxide rings is 1. The van der Waals surface area contributed by atoms with E-state index >= 15 is 0 Å². The summed E-state index contributed by atoms with van der Waals surface area (Å²) in [4.78, 5) is 0. The fourth-order valence-electron chi connectivity index (χ4n) is 1.65. The molecule has 2 nitrogen and oxygen atoms in total. The van der Waals surface area contributed by atoms with Crippen molar-refractivity contribution in [2.75, 3.05) is 0 Å². The second-order valence-electron chi connectivity index (χ2n) is 3.06. The predicted molar refractivity (Wildman–Crippen MR) is 36.3 cm³/mol. The van der Waals surface area contributed by atoms with Crippen molar-refractivity contribution in [1.29, 1.82) is 0 Å². The maximum Gasteiger partial charge on any atom is 0.153 e. The fourth-order valence-corrected chi connectivity index (χ4v) is 1.65. The zero-order valence-corrected chi connectivity index (χ0v) is 5.71. The Morgan fingerprint density at radius 1 is 1.70 bits per heavy atom. The standard InChI is InChI=1S/C8H10O2/c1-2-8(9)5-3-4-6-7(8)10-6/h1,6-7,9H,3-5H2/t6-,7-,8+/m1/s1. The van der Waals surface area contributed by atoms with Crippen LogP contribution in [0.3, 0.4) is 0 Å². The van der Waals surface area contributed by atoms with Crippen molar-refractivity contribution in [3.63, 3.8) is 0 Å². The minimum atomic E-state index is -0.942. The highest BCUT2D eigenvalue weighted by molar-refractivity contribution is 5.19. The van der Waals surface area contributed by atoms with Crippen LogP contribution < -0.4 is 0 Å². The van der Waals surface area contributed by atoms with E-state index in [4.69, 9.17) is 11.2 Å². The highest BCUT2D eigenvalue weighted by Gasteiger charge is 2.55. The summed E-state index contributed by atoms with van der Waals surface area (Å²) in [6.07, 6.45) is 8.14. The first-order valence-electron chi connectivity index (χ1n) is 3.62. The number of rotatable bonds is 0. The van der Waals surface area contributed by atoms with Crippen molar-refractivity contribution in [1.82, 2.24) is 0 Å². The molecular formula is C8H10O2. The summed E-state index contributed by atoms with van der Waals surface area (Å²) in [6, 6.07) is 0. The van der Waals surface area contributed by atoms with Gasteiger partial charge in [-0.1, -0.05) is 5.92 Å².